The molecule has 24 heavy (non-hydrogen) atoms. The van der Waals surface area contributed by atoms with E-state index in [1.165, 1.54) is 11.3 Å². The highest BCUT2D eigenvalue weighted by molar-refractivity contribution is 7.17. The second kappa shape index (κ2) is 6.49. The Labute approximate surface area is 145 Å². The molecule has 4 rings (SSSR count). The molecule has 6 nitrogen and oxygen atoms in total. The molecule has 2 N–H and O–H groups in total. The van der Waals surface area contributed by atoms with Crippen LogP contribution in [0, 0.1) is 0 Å². The van der Waals surface area contributed by atoms with Gasteiger partial charge in [0.15, 0.2) is 4.96 Å². The molecule has 4 heterocycles. The van der Waals surface area contributed by atoms with E-state index in [9.17, 15) is 0 Å². The normalized spacial score (nSPS) is 18.4. The number of imidazole rings is 1. The first-order valence-electron chi connectivity index (χ1n) is 8.47. The molecule has 1 unspecified atom stereocenters. The Morgan fingerprint density at radius 2 is 2.25 bits per heavy atom. The van der Waals surface area contributed by atoms with Gasteiger partial charge in [-0.25, -0.2) is 9.97 Å². The Morgan fingerprint density at radius 1 is 1.33 bits per heavy atom. The molecule has 1 aliphatic heterocycles. The molecule has 0 saturated carbocycles. The van der Waals surface area contributed by atoms with Crippen molar-refractivity contribution in [1.29, 1.82) is 0 Å². The molecule has 0 aliphatic carbocycles. The average molecular weight is 342 g/mol. The van der Waals surface area contributed by atoms with Gasteiger partial charge in [0.25, 0.3) is 0 Å². The van der Waals surface area contributed by atoms with Gasteiger partial charge in [0.2, 0.25) is 0 Å². The molecule has 0 spiro atoms. The number of hydrogen-bond donors (Lipinski definition) is 2. The topological polar surface area (TPSA) is 67.1 Å². The van der Waals surface area contributed by atoms with Crippen LogP contribution in [0.4, 0.5) is 5.82 Å². The first-order chi connectivity index (χ1) is 11.7. The minimum atomic E-state index is 0.419. The van der Waals surface area contributed by atoms with Crippen molar-refractivity contribution in [1.82, 2.24) is 24.7 Å². The van der Waals surface area contributed by atoms with Crippen molar-refractivity contribution in [2.24, 2.45) is 0 Å². The van der Waals surface area contributed by atoms with Crippen LogP contribution in [-0.2, 0) is 0 Å². The molecule has 126 valence electrons. The summed E-state index contributed by atoms with van der Waals surface area (Å²) in [5.41, 5.74) is 1.84. The zero-order valence-corrected chi connectivity index (χ0v) is 14.8. The van der Waals surface area contributed by atoms with Gasteiger partial charge in [-0.2, -0.15) is 0 Å². The van der Waals surface area contributed by atoms with Crippen LogP contribution in [0.2, 0.25) is 0 Å². The van der Waals surface area contributed by atoms with E-state index in [2.05, 4.69) is 45.0 Å². The standard InChI is InChI=1S/C17H22N6S/c1-11(2)15-10-23-14(8-20-17(23)24-15)13-7-19-9-16(22-13)21-12-4-3-5-18-6-12/h7-12,18H,3-6H2,1-2H3,(H,21,22). The third-order valence-corrected chi connectivity index (χ3v) is 5.64. The third-order valence-electron chi connectivity index (χ3n) is 4.34. The van der Waals surface area contributed by atoms with Crippen LogP contribution in [0.5, 0.6) is 0 Å². The summed E-state index contributed by atoms with van der Waals surface area (Å²) >= 11 is 1.73. The quantitative estimate of drug-likeness (QED) is 0.762. The molecular weight excluding hydrogens is 320 g/mol. The number of aromatic nitrogens is 4. The first-order valence-corrected chi connectivity index (χ1v) is 9.29. The van der Waals surface area contributed by atoms with Gasteiger partial charge in [-0.3, -0.25) is 9.38 Å². The van der Waals surface area contributed by atoms with E-state index in [-0.39, 0.29) is 0 Å². The highest BCUT2D eigenvalue weighted by Gasteiger charge is 2.15. The van der Waals surface area contributed by atoms with Gasteiger partial charge in [0, 0.05) is 23.7 Å². The molecule has 0 bridgehead atoms. The maximum absolute atomic E-state index is 4.76. The molecule has 7 heteroatoms. The van der Waals surface area contributed by atoms with Crippen molar-refractivity contribution in [3.8, 4) is 11.4 Å². The Balaban J connectivity index is 1.63. The highest BCUT2D eigenvalue weighted by atomic mass is 32.1. The molecule has 0 amide bonds. The lowest BCUT2D eigenvalue weighted by molar-refractivity contribution is 0.479. The van der Waals surface area contributed by atoms with Crippen LogP contribution in [0.15, 0.2) is 24.8 Å². The Bertz CT molecular complexity index is 831. The van der Waals surface area contributed by atoms with Gasteiger partial charge in [-0.05, 0) is 25.3 Å². The van der Waals surface area contributed by atoms with Crippen LogP contribution in [0.1, 0.15) is 37.5 Å². The number of piperidine rings is 1. The summed E-state index contributed by atoms with van der Waals surface area (Å²) in [7, 11) is 0. The number of rotatable bonds is 4. The zero-order chi connectivity index (χ0) is 16.5. The smallest absolute Gasteiger partial charge is 0.194 e. The van der Waals surface area contributed by atoms with E-state index < -0.39 is 0 Å². The van der Waals surface area contributed by atoms with Crippen molar-refractivity contribution in [2.45, 2.75) is 38.6 Å². The molecule has 0 radical (unpaired) electrons. The molecule has 3 aromatic heterocycles. The van der Waals surface area contributed by atoms with E-state index in [0.29, 0.717) is 12.0 Å². The summed E-state index contributed by atoms with van der Waals surface area (Å²) in [6, 6.07) is 0.419. The maximum atomic E-state index is 4.76. The van der Waals surface area contributed by atoms with Crippen molar-refractivity contribution in [2.75, 3.05) is 18.4 Å². The van der Waals surface area contributed by atoms with Crippen LogP contribution in [0.3, 0.4) is 0 Å². The number of hydrogen-bond acceptors (Lipinski definition) is 6. The second-order valence-corrected chi connectivity index (χ2v) is 7.60. The van der Waals surface area contributed by atoms with E-state index in [0.717, 1.165) is 41.7 Å². The van der Waals surface area contributed by atoms with Crippen molar-refractivity contribution < 1.29 is 0 Å². The average Bonchev–Trinajstić information content (AvgIpc) is 3.16. The number of anilines is 1. The number of nitrogens with one attached hydrogen (secondary N) is 2. The van der Waals surface area contributed by atoms with Crippen molar-refractivity contribution in [3.05, 3.63) is 29.7 Å². The predicted molar refractivity (Wildman–Crippen MR) is 97.7 cm³/mol. The fourth-order valence-corrected chi connectivity index (χ4v) is 3.96. The highest BCUT2D eigenvalue weighted by Crippen LogP contribution is 2.28. The van der Waals surface area contributed by atoms with E-state index in [4.69, 9.17) is 4.98 Å². The van der Waals surface area contributed by atoms with Gasteiger partial charge < -0.3 is 10.6 Å². The van der Waals surface area contributed by atoms with Crippen LogP contribution in [-0.4, -0.2) is 38.5 Å². The minimum absolute atomic E-state index is 0.419. The number of fused-ring (bicyclic) bond motifs is 1. The Morgan fingerprint density at radius 3 is 3.04 bits per heavy atom. The van der Waals surface area contributed by atoms with Crippen molar-refractivity contribution >= 4 is 22.1 Å². The van der Waals surface area contributed by atoms with Crippen LogP contribution < -0.4 is 10.6 Å². The van der Waals surface area contributed by atoms with Crippen molar-refractivity contribution in [3.63, 3.8) is 0 Å². The van der Waals surface area contributed by atoms with Gasteiger partial charge in [0.1, 0.15) is 11.5 Å². The zero-order valence-electron chi connectivity index (χ0n) is 14.0. The van der Waals surface area contributed by atoms with Gasteiger partial charge in [-0.15, -0.1) is 11.3 Å². The fourth-order valence-electron chi connectivity index (χ4n) is 3.00. The Hall–Kier alpha value is -1.99. The summed E-state index contributed by atoms with van der Waals surface area (Å²) in [4.78, 5) is 16.0. The second-order valence-electron chi connectivity index (χ2n) is 6.56. The molecule has 1 atom stereocenters. The summed E-state index contributed by atoms with van der Waals surface area (Å²) in [5.74, 6) is 1.33. The number of nitrogens with zero attached hydrogens (tertiary/aromatic N) is 4. The lowest BCUT2D eigenvalue weighted by Gasteiger charge is -2.24. The van der Waals surface area contributed by atoms with E-state index in [1.807, 2.05) is 6.20 Å². The van der Waals surface area contributed by atoms with E-state index >= 15 is 0 Å². The summed E-state index contributed by atoms with van der Waals surface area (Å²) < 4.78 is 2.12. The third kappa shape index (κ3) is 3.01. The van der Waals surface area contributed by atoms with Gasteiger partial charge in [-0.1, -0.05) is 13.8 Å². The molecule has 1 saturated heterocycles. The SMILES string of the molecule is CC(C)c1cn2c(-c3cncc(NC4CCCNC4)n3)cnc2s1. The monoisotopic (exact) mass is 342 g/mol. The van der Waals surface area contributed by atoms with Crippen LogP contribution in [0.25, 0.3) is 16.3 Å². The molecule has 1 fully saturated rings. The minimum Gasteiger partial charge on any atom is -0.365 e. The summed E-state index contributed by atoms with van der Waals surface area (Å²) in [6.07, 6.45) is 10.0. The lowest BCUT2D eigenvalue weighted by Crippen LogP contribution is -2.38. The van der Waals surface area contributed by atoms with E-state index in [1.54, 1.807) is 23.7 Å². The lowest BCUT2D eigenvalue weighted by atomic mass is 10.1. The number of thiazole rings is 1. The molecule has 0 aromatic carbocycles. The maximum Gasteiger partial charge on any atom is 0.194 e. The summed E-state index contributed by atoms with van der Waals surface area (Å²) in [5, 5.41) is 6.90. The molecule has 1 aliphatic rings. The Kier molecular flexibility index (Phi) is 4.20. The first kappa shape index (κ1) is 15.5. The predicted octanol–water partition coefficient (Wildman–Crippen LogP) is 3.14. The van der Waals surface area contributed by atoms with Gasteiger partial charge in [0.05, 0.1) is 24.3 Å². The van der Waals surface area contributed by atoms with Crippen LogP contribution >= 0.6 is 11.3 Å². The summed E-state index contributed by atoms with van der Waals surface area (Å²) in [6.45, 7) is 6.49. The fraction of sp³-hybridized carbons (Fsp3) is 0.471. The van der Waals surface area contributed by atoms with Gasteiger partial charge >= 0.3 is 0 Å². The molecular formula is C17H22N6S. The molecule has 3 aromatic rings. The largest absolute Gasteiger partial charge is 0.365 e.